The molecule has 0 bridgehead atoms. The van der Waals surface area contributed by atoms with Gasteiger partial charge in [0, 0.05) is 6.54 Å². The Kier molecular flexibility index (Phi) is 5.97. The van der Waals surface area contributed by atoms with Crippen LogP contribution < -0.4 is 0 Å². The maximum atomic E-state index is 13.1. The molecule has 3 aromatic rings. The Balaban J connectivity index is 1.44. The average molecular weight is 494 g/mol. The lowest BCUT2D eigenvalue weighted by Crippen LogP contribution is -2.44. The van der Waals surface area contributed by atoms with Gasteiger partial charge in [0.1, 0.15) is 18.2 Å². The second-order valence-corrected chi connectivity index (χ2v) is 11.4. The number of hydrogen-bond acceptors (Lipinski definition) is 8. The zero-order valence-corrected chi connectivity index (χ0v) is 20.6. The molecule has 1 aromatic heterocycles. The van der Waals surface area contributed by atoms with Crippen molar-refractivity contribution >= 4 is 9.84 Å². The minimum Gasteiger partial charge on any atom is -0.343 e. The van der Waals surface area contributed by atoms with Crippen molar-refractivity contribution in [1.82, 2.24) is 19.9 Å². The van der Waals surface area contributed by atoms with E-state index >= 15 is 0 Å². The van der Waals surface area contributed by atoms with Crippen LogP contribution in [0, 0.1) is 18.3 Å². The molecule has 0 saturated carbocycles. The first-order chi connectivity index (χ1) is 16.7. The number of ether oxygens (including phenoxy) is 2. The number of likely N-dealkylation sites (tertiary alicyclic amines) is 1. The molecule has 2 aliphatic rings. The molecule has 0 amide bonds. The van der Waals surface area contributed by atoms with Crippen LogP contribution in [0.15, 0.2) is 70.7 Å². The van der Waals surface area contributed by atoms with E-state index in [1.807, 2.05) is 51.1 Å². The minimum absolute atomic E-state index is 0.119. The lowest BCUT2D eigenvalue weighted by atomic mass is 10.1. The van der Waals surface area contributed by atoms with Gasteiger partial charge in [-0.1, -0.05) is 53.2 Å². The van der Waals surface area contributed by atoms with Gasteiger partial charge in [-0.2, -0.15) is 5.26 Å². The molecule has 5 rings (SSSR count). The number of nitriles is 1. The smallest absolute Gasteiger partial charge is 0.227 e. The Morgan fingerprint density at radius 3 is 2.43 bits per heavy atom. The highest BCUT2D eigenvalue weighted by Gasteiger charge is 2.58. The average Bonchev–Trinajstić information content (AvgIpc) is 3.48. The zero-order valence-electron chi connectivity index (χ0n) is 19.8. The van der Waals surface area contributed by atoms with E-state index < -0.39 is 27.8 Å². The lowest BCUT2D eigenvalue weighted by Gasteiger charge is -2.31. The standard InChI is InChI=1S/C25H27N5O4S/c1-17-9-11-19(12-10-17)35(31,32)22-16-29(28-27-22)15-21-24-23(33-25(2,3)34-24)20(13-26)30(21)14-18-7-5-4-6-8-18/h4-12,16,20-21,23-24H,14-15H2,1-3H3/t20-,21+,23+,24-/m1/s1. The number of sulfone groups is 1. The molecular weight excluding hydrogens is 466 g/mol. The van der Waals surface area contributed by atoms with E-state index in [1.165, 1.54) is 10.9 Å². The fourth-order valence-corrected chi connectivity index (χ4v) is 5.97. The number of hydrogen-bond donors (Lipinski definition) is 0. The fraction of sp³-hybridized carbons (Fsp3) is 0.400. The third kappa shape index (κ3) is 4.48. The highest BCUT2D eigenvalue weighted by atomic mass is 32.2. The van der Waals surface area contributed by atoms with E-state index in [9.17, 15) is 13.7 Å². The molecule has 0 radical (unpaired) electrons. The van der Waals surface area contributed by atoms with Crippen LogP contribution in [0.4, 0.5) is 0 Å². The van der Waals surface area contributed by atoms with Crippen LogP contribution in [-0.4, -0.2) is 58.4 Å². The van der Waals surface area contributed by atoms with Gasteiger partial charge in [-0.3, -0.25) is 4.90 Å². The molecule has 182 valence electrons. The van der Waals surface area contributed by atoms with Crippen molar-refractivity contribution in [3.05, 3.63) is 71.9 Å². The Morgan fingerprint density at radius 1 is 1.06 bits per heavy atom. The molecular formula is C25H27N5O4S. The van der Waals surface area contributed by atoms with Gasteiger partial charge in [0.15, 0.2) is 5.79 Å². The summed E-state index contributed by atoms with van der Waals surface area (Å²) in [4.78, 5) is 2.22. The summed E-state index contributed by atoms with van der Waals surface area (Å²) < 4.78 is 39.9. The highest BCUT2D eigenvalue weighted by molar-refractivity contribution is 7.91. The van der Waals surface area contributed by atoms with Crippen LogP contribution in [0.3, 0.4) is 0 Å². The van der Waals surface area contributed by atoms with Crippen molar-refractivity contribution in [2.75, 3.05) is 0 Å². The van der Waals surface area contributed by atoms with E-state index in [0.29, 0.717) is 13.1 Å². The number of benzene rings is 2. The summed E-state index contributed by atoms with van der Waals surface area (Å²) >= 11 is 0. The summed E-state index contributed by atoms with van der Waals surface area (Å²) in [5.74, 6) is -0.816. The van der Waals surface area contributed by atoms with Crippen LogP contribution in [-0.2, 0) is 32.4 Å². The van der Waals surface area contributed by atoms with Crippen LogP contribution in [0.1, 0.15) is 25.0 Å². The third-order valence-corrected chi connectivity index (χ3v) is 8.11. The first-order valence-electron chi connectivity index (χ1n) is 11.4. The topological polar surface area (TPSA) is 110 Å². The van der Waals surface area contributed by atoms with Crippen LogP contribution in [0.25, 0.3) is 0 Å². The van der Waals surface area contributed by atoms with E-state index in [0.717, 1.165) is 11.1 Å². The first kappa shape index (κ1) is 23.6. The molecule has 2 aliphatic heterocycles. The van der Waals surface area contributed by atoms with Crippen molar-refractivity contribution in [2.24, 2.45) is 0 Å². The molecule has 0 spiro atoms. The quantitative estimate of drug-likeness (QED) is 0.516. The maximum Gasteiger partial charge on any atom is 0.227 e. The second-order valence-electron chi connectivity index (χ2n) is 9.46. The molecule has 4 atom stereocenters. The second kappa shape index (κ2) is 8.84. The number of nitrogens with zero attached hydrogens (tertiary/aromatic N) is 5. The van der Waals surface area contributed by atoms with Gasteiger partial charge in [-0.15, -0.1) is 5.10 Å². The van der Waals surface area contributed by atoms with Gasteiger partial charge in [-0.25, -0.2) is 13.1 Å². The van der Waals surface area contributed by atoms with Crippen molar-refractivity contribution in [1.29, 1.82) is 5.26 Å². The van der Waals surface area contributed by atoms with E-state index in [4.69, 9.17) is 9.47 Å². The SMILES string of the molecule is Cc1ccc(S(=O)(=O)c2cn(C[C@H]3[C@H]4OC(C)(C)O[C@H]4[C@@H](C#N)N3Cc3ccccc3)nn2)cc1. The molecule has 0 aliphatic carbocycles. The fourth-order valence-electron chi connectivity index (χ4n) is 4.83. The van der Waals surface area contributed by atoms with Crippen LogP contribution in [0.5, 0.6) is 0 Å². The summed E-state index contributed by atoms with van der Waals surface area (Å²) in [7, 11) is -3.80. The Morgan fingerprint density at radius 2 is 1.74 bits per heavy atom. The van der Waals surface area contributed by atoms with E-state index in [-0.39, 0.29) is 22.1 Å². The van der Waals surface area contributed by atoms with E-state index in [2.05, 4.69) is 21.3 Å². The largest absolute Gasteiger partial charge is 0.343 e. The molecule has 3 heterocycles. The number of aryl methyl sites for hydroxylation is 1. The van der Waals surface area contributed by atoms with Crippen LogP contribution >= 0.6 is 0 Å². The summed E-state index contributed by atoms with van der Waals surface area (Å²) in [6, 6.07) is 18.1. The number of aromatic nitrogens is 3. The van der Waals surface area contributed by atoms with Gasteiger partial charge in [0.05, 0.1) is 29.7 Å². The summed E-state index contributed by atoms with van der Waals surface area (Å²) in [5.41, 5.74) is 2.02. The van der Waals surface area contributed by atoms with Crippen molar-refractivity contribution in [2.45, 2.75) is 73.9 Å². The Labute approximate surface area is 204 Å². The Bertz CT molecular complexity index is 1350. The summed E-state index contributed by atoms with van der Waals surface area (Å²) in [5, 5.41) is 18.0. The van der Waals surface area contributed by atoms with Crippen molar-refractivity contribution < 1.29 is 17.9 Å². The van der Waals surface area contributed by atoms with Gasteiger partial charge >= 0.3 is 0 Å². The molecule has 35 heavy (non-hydrogen) atoms. The zero-order chi connectivity index (χ0) is 24.8. The molecule has 9 nitrogen and oxygen atoms in total. The predicted octanol–water partition coefficient (Wildman–Crippen LogP) is 2.72. The monoisotopic (exact) mass is 493 g/mol. The third-order valence-electron chi connectivity index (χ3n) is 6.48. The molecule has 2 aromatic carbocycles. The number of rotatable bonds is 6. The summed E-state index contributed by atoms with van der Waals surface area (Å²) in [6.07, 6.45) is 0.633. The predicted molar refractivity (Wildman–Crippen MR) is 126 cm³/mol. The molecule has 0 N–H and O–H groups in total. The molecule has 10 heteroatoms. The minimum atomic E-state index is -3.80. The lowest BCUT2D eigenvalue weighted by molar-refractivity contribution is -0.166. The highest BCUT2D eigenvalue weighted by Crippen LogP contribution is 2.41. The van der Waals surface area contributed by atoms with Crippen molar-refractivity contribution in [3.63, 3.8) is 0 Å². The van der Waals surface area contributed by atoms with Gasteiger partial charge in [0.2, 0.25) is 14.9 Å². The maximum absolute atomic E-state index is 13.1. The van der Waals surface area contributed by atoms with Gasteiger partial charge in [-0.05, 0) is 38.5 Å². The Hall–Kier alpha value is -3.10. The molecule has 2 fully saturated rings. The molecule has 0 unspecified atom stereocenters. The van der Waals surface area contributed by atoms with Crippen molar-refractivity contribution in [3.8, 4) is 6.07 Å². The summed E-state index contributed by atoms with van der Waals surface area (Å²) in [6.45, 7) is 6.38. The first-order valence-corrected chi connectivity index (χ1v) is 12.9. The van der Waals surface area contributed by atoms with Gasteiger partial charge < -0.3 is 9.47 Å². The number of fused-ring (bicyclic) bond motifs is 1. The normalized spacial score (nSPS) is 25.9. The molecule has 2 saturated heterocycles. The van der Waals surface area contributed by atoms with E-state index in [1.54, 1.807) is 24.3 Å². The van der Waals surface area contributed by atoms with Crippen LogP contribution in [0.2, 0.25) is 0 Å². The van der Waals surface area contributed by atoms with Gasteiger partial charge in [0.25, 0.3) is 0 Å².